The summed E-state index contributed by atoms with van der Waals surface area (Å²) in [7, 11) is -2.21. The lowest BCUT2D eigenvalue weighted by Crippen LogP contribution is -2.48. The van der Waals surface area contributed by atoms with E-state index in [1.54, 1.807) is 4.31 Å². The molecule has 7 heteroatoms. The summed E-state index contributed by atoms with van der Waals surface area (Å²) in [5.74, 6) is 0.338. The molecule has 0 N–H and O–H groups in total. The molecular weight excluding hydrogens is 352 g/mol. The first-order chi connectivity index (χ1) is 12.4. The average Bonchev–Trinajstić information content (AvgIpc) is 2.68. The van der Waals surface area contributed by atoms with Crippen molar-refractivity contribution in [2.45, 2.75) is 43.5 Å². The summed E-state index contributed by atoms with van der Waals surface area (Å²) in [5.41, 5.74) is 0.351. The molecule has 3 rings (SSSR count). The normalized spacial score (nSPS) is 21.6. The van der Waals surface area contributed by atoms with E-state index in [0.717, 1.165) is 31.8 Å². The summed E-state index contributed by atoms with van der Waals surface area (Å²) in [4.78, 5) is 14.3. The van der Waals surface area contributed by atoms with E-state index in [-0.39, 0.29) is 4.90 Å². The molecular formula is C19H28N2O4S. The van der Waals surface area contributed by atoms with Crippen molar-refractivity contribution in [1.29, 1.82) is 0 Å². The Morgan fingerprint density at radius 3 is 2.12 bits per heavy atom. The molecule has 2 heterocycles. The van der Waals surface area contributed by atoms with Crippen LogP contribution in [0.5, 0.6) is 0 Å². The van der Waals surface area contributed by atoms with E-state index in [0.29, 0.717) is 24.7 Å². The fourth-order valence-electron chi connectivity index (χ4n) is 3.87. The maximum Gasteiger partial charge on any atom is 0.337 e. The molecule has 0 amide bonds. The highest BCUT2D eigenvalue weighted by Gasteiger charge is 2.32. The molecule has 0 atom stereocenters. The minimum Gasteiger partial charge on any atom is -0.465 e. The van der Waals surface area contributed by atoms with Crippen molar-refractivity contribution in [2.75, 3.05) is 33.3 Å². The van der Waals surface area contributed by atoms with Crippen LogP contribution in [0.1, 0.15) is 43.0 Å². The number of carbonyl (C=O) groups excluding carboxylic acids is 1. The van der Waals surface area contributed by atoms with Crippen molar-refractivity contribution < 1.29 is 17.9 Å². The van der Waals surface area contributed by atoms with Crippen molar-refractivity contribution in [3.05, 3.63) is 29.8 Å². The van der Waals surface area contributed by atoms with Crippen LogP contribution in [0.25, 0.3) is 0 Å². The zero-order chi connectivity index (χ0) is 18.7. The average molecular weight is 381 g/mol. The largest absolute Gasteiger partial charge is 0.465 e. The Balaban J connectivity index is 1.61. The summed E-state index contributed by atoms with van der Waals surface area (Å²) in [6.45, 7) is 5.68. The number of sulfonamides is 1. The van der Waals surface area contributed by atoms with Crippen LogP contribution in [-0.2, 0) is 14.8 Å². The van der Waals surface area contributed by atoms with E-state index in [1.807, 2.05) is 0 Å². The highest BCUT2D eigenvalue weighted by Crippen LogP contribution is 2.26. The van der Waals surface area contributed by atoms with Gasteiger partial charge in [-0.25, -0.2) is 13.2 Å². The van der Waals surface area contributed by atoms with E-state index in [4.69, 9.17) is 0 Å². The van der Waals surface area contributed by atoms with Gasteiger partial charge >= 0.3 is 5.97 Å². The number of benzene rings is 1. The zero-order valence-corrected chi connectivity index (χ0v) is 16.4. The second-order valence-corrected chi connectivity index (χ2v) is 9.31. The van der Waals surface area contributed by atoms with Crippen molar-refractivity contribution in [3.63, 3.8) is 0 Å². The Morgan fingerprint density at radius 1 is 1.00 bits per heavy atom. The number of hydrogen-bond acceptors (Lipinski definition) is 5. The van der Waals surface area contributed by atoms with E-state index in [2.05, 4.69) is 16.6 Å². The van der Waals surface area contributed by atoms with Gasteiger partial charge in [-0.05, 0) is 69.0 Å². The lowest BCUT2D eigenvalue weighted by atomic mass is 9.95. The first kappa shape index (κ1) is 19.3. The number of likely N-dealkylation sites (tertiary alicyclic amines) is 1. The smallest absolute Gasteiger partial charge is 0.337 e. The number of nitrogens with zero attached hydrogens (tertiary/aromatic N) is 2. The Hall–Kier alpha value is -1.44. The minimum absolute atomic E-state index is 0.232. The number of piperidine rings is 2. The Morgan fingerprint density at radius 2 is 1.58 bits per heavy atom. The Kier molecular flexibility index (Phi) is 5.99. The zero-order valence-electron chi connectivity index (χ0n) is 15.6. The van der Waals surface area contributed by atoms with Crippen molar-refractivity contribution in [2.24, 2.45) is 5.92 Å². The topological polar surface area (TPSA) is 66.9 Å². The molecule has 144 valence electrons. The van der Waals surface area contributed by atoms with Gasteiger partial charge < -0.3 is 9.64 Å². The van der Waals surface area contributed by atoms with Crippen LogP contribution < -0.4 is 0 Å². The molecule has 0 spiro atoms. The van der Waals surface area contributed by atoms with Gasteiger partial charge in [0.2, 0.25) is 10.0 Å². The maximum absolute atomic E-state index is 12.9. The van der Waals surface area contributed by atoms with Crippen molar-refractivity contribution in [1.82, 2.24) is 9.21 Å². The SMILES string of the molecule is COC(=O)c1ccc(S(=O)(=O)N2CCC(N3CCC(C)CC3)CC2)cc1. The Labute approximate surface area is 156 Å². The van der Waals surface area contributed by atoms with Crippen LogP contribution >= 0.6 is 0 Å². The lowest BCUT2D eigenvalue weighted by Gasteiger charge is -2.41. The molecule has 0 unspecified atom stereocenters. The van der Waals surface area contributed by atoms with Gasteiger partial charge in [-0.2, -0.15) is 4.31 Å². The molecule has 0 radical (unpaired) electrons. The predicted molar refractivity (Wildman–Crippen MR) is 99.5 cm³/mol. The number of hydrogen-bond donors (Lipinski definition) is 0. The van der Waals surface area contributed by atoms with Crippen LogP contribution in [-0.4, -0.2) is 62.9 Å². The molecule has 26 heavy (non-hydrogen) atoms. The molecule has 0 aliphatic carbocycles. The lowest BCUT2D eigenvalue weighted by molar-refractivity contribution is 0.0600. The van der Waals surface area contributed by atoms with Gasteiger partial charge in [0.25, 0.3) is 0 Å². The van der Waals surface area contributed by atoms with E-state index in [1.165, 1.54) is 44.2 Å². The number of esters is 1. The van der Waals surface area contributed by atoms with Gasteiger partial charge in [0.15, 0.2) is 0 Å². The number of rotatable bonds is 4. The molecule has 0 saturated carbocycles. The Bertz CT molecular complexity index is 716. The number of methoxy groups -OCH3 is 1. The van der Waals surface area contributed by atoms with Crippen LogP contribution in [0.2, 0.25) is 0 Å². The number of ether oxygens (including phenoxy) is 1. The van der Waals surface area contributed by atoms with Crippen LogP contribution in [0, 0.1) is 5.92 Å². The fourth-order valence-corrected chi connectivity index (χ4v) is 5.34. The van der Waals surface area contributed by atoms with Crippen molar-refractivity contribution >= 4 is 16.0 Å². The van der Waals surface area contributed by atoms with Gasteiger partial charge in [-0.1, -0.05) is 6.92 Å². The first-order valence-electron chi connectivity index (χ1n) is 9.34. The number of carbonyl (C=O) groups is 1. The summed E-state index contributed by atoms with van der Waals surface area (Å²) in [6, 6.07) is 6.47. The molecule has 0 bridgehead atoms. The maximum atomic E-state index is 12.9. The fraction of sp³-hybridized carbons (Fsp3) is 0.632. The van der Waals surface area contributed by atoms with Crippen LogP contribution in [0.3, 0.4) is 0 Å². The van der Waals surface area contributed by atoms with Gasteiger partial charge in [0.1, 0.15) is 0 Å². The van der Waals surface area contributed by atoms with Crippen LogP contribution in [0.4, 0.5) is 0 Å². The molecule has 1 aromatic rings. The highest BCUT2D eigenvalue weighted by molar-refractivity contribution is 7.89. The minimum atomic E-state index is -3.51. The van der Waals surface area contributed by atoms with Gasteiger partial charge in [0, 0.05) is 19.1 Å². The second-order valence-electron chi connectivity index (χ2n) is 7.37. The first-order valence-corrected chi connectivity index (χ1v) is 10.8. The third-order valence-corrected chi connectivity index (χ3v) is 7.58. The molecule has 2 aliphatic rings. The second kappa shape index (κ2) is 8.06. The monoisotopic (exact) mass is 380 g/mol. The molecule has 1 aromatic carbocycles. The van der Waals surface area contributed by atoms with Crippen molar-refractivity contribution in [3.8, 4) is 0 Å². The summed E-state index contributed by atoms with van der Waals surface area (Å²) < 4.78 is 31.9. The van der Waals surface area contributed by atoms with Gasteiger partial charge in [-0.15, -0.1) is 0 Å². The van der Waals surface area contributed by atoms with Gasteiger partial charge in [-0.3, -0.25) is 0 Å². The van der Waals surface area contributed by atoms with E-state index in [9.17, 15) is 13.2 Å². The molecule has 2 aliphatic heterocycles. The molecule has 2 saturated heterocycles. The summed E-state index contributed by atoms with van der Waals surface area (Å²) >= 11 is 0. The summed E-state index contributed by atoms with van der Waals surface area (Å²) in [6.07, 6.45) is 4.25. The van der Waals surface area contributed by atoms with E-state index < -0.39 is 16.0 Å². The quantitative estimate of drug-likeness (QED) is 0.750. The van der Waals surface area contributed by atoms with Crippen LogP contribution in [0.15, 0.2) is 29.2 Å². The highest BCUT2D eigenvalue weighted by atomic mass is 32.2. The molecule has 2 fully saturated rings. The third kappa shape index (κ3) is 4.10. The summed E-state index contributed by atoms with van der Waals surface area (Å²) in [5, 5.41) is 0. The molecule has 0 aromatic heterocycles. The van der Waals surface area contributed by atoms with Gasteiger partial charge in [0.05, 0.1) is 17.6 Å². The standard InChI is InChI=1S/C19H28N2O4S/c1-15-7-11-20(12-8-15)17-9-13-21(14-10-17)26(23,24)18-5-3-16(4-6-18)19(22)25-2/h3-6,15,17H,7-14H2,1-2H3. The molecule has 6 nitrogen and oxygen atoms in total. The third-order valence-electron chi connectivity index (χ3n) is 5.67. The van der Waals surface area contributed by atoms with E-state index >= 15 is 0 Å². The predicted octanol–water partition coefficient (Wildman–Crippen LogP) is 2.36.